The summed E-state index contributed by atoms with van der Waals surface area (Å²) in [5.74, 6) is -21.8. The Bertz CT molecular complexity index is 4010. The summed E-state index contributed by atoms with van der Waals surface area (Å²) in [5.41, 5.74) is 29.7. The second-order valence-electron chi connectivity index (χ2n) is 32.1. The number of carboxylic acids is 2. The van der Waals surface area contributed by atoms with Crippen molar-refractivity contribution in [2.75, 3.05) is 39.3 Å². The lowest BCUT2D eigenvalue weighted by Crippen LogP contribution is -2.64. The van der Waals surface area contributed by atoms with Gasteiger partial charge in [0.2, 0.25) is 94.5 Å². The Hall–Kier alpha value is -11.8. The van der Waals surface area contributed by atoms with Crippen LogP contribution in [0.1, 0.15) is 163 Å². The molecule has 3 rings (SSSR count). The van der Waals surface area contributed by atoms with Crippen LogP contribution in [0.5, 0.6) is 11.5 Å². The largest absolute Gasteiger partial charge is 0.508 e. The molecule has 0 saturated carbocycles. The van der Waals surface area contributed by atoms with Crippen molar-refractivity contribution in [3.8, 4) is 11.5 Å². The number of likely N-dealkylation sites (tertiary alicyclic amines) is 1. The standard InChI is InChI=1S/C81H130N20O25/c1-40(2)62(97-76(120)64(42(5)6)98-78(122)65(44(8)103)100-79(123)66(45(9)104)99-77(121)63(41(3)4)96-67(111)43(7)88-73(117)57(39-102)95-71(115)51(17-10-13-31-82)90-68(112)50(85)35-46-21-25-48(105)26-22-46)75(119)94-56(37-59(86)107)80(124)101-34-16-20-58(101)74(118)92-52(18-11-14-32-83)70(114)93-55(36-47-23-27-49(106)28-24-47)72(116)91-53(29-30-61(109)110)69(113)87-38-60(108)89-54(81(125)126)19-12-15-33-84/h21-28,40-45,50-58,62-66,102-106H,10-20,29-39,82-85H2,1-9H3,(H2,86,107)(H,87,113)(H,88,117)(H,89,108)(H,90,112)(H,91,116)(H,92,118)(H,93,114)(H,94,119)(H,95,115)(H,96,111)(H,97,120)(H,98,122)(H,99,121)(H,100,123)(H,109,110)(H,125,126)/t43-,44+,45+,50-,51-,52-,53-,54-,55-,56-,57-,58-,62-,63-,64-,65-,66-/m0/s1. The van der Waals surface area contributed by atoms with Crippen LogP contribution in [0.25, 0.3) is 0 Å². The van der Waals surface area contributed by atoms with Gasteiger partial charge in [-0.25, -0.2) is 4.79 Å². The maximum Gasteiger partial charge on any atom is 0.326 e. The Labute approximate surface area is 729 Å². The summed E-state index contributed by atoms with van der Waals surface area (Å²) < 4.78 is 0. The number of aliphatic carboxylic acids is 2. The quantitative estimate of drug-likeness (QED) is 0.0274. The van der Waals surface area contributed by atoms with Crippen molar-refractivity contribution in [3.05, 3.63) is 59.7 Å². The zero-order valence-corrected chi connectivity index (χ0v) is 72.5. The van der Waals surface area contributed by atoms with Crippen LogP contribution >= 0.6 is 0 Å². The van der Waals surface area contributed by atoms with E-state index in [0.717, 1.165) is 18.7 Å². The van der Waals surface area contributed by atoms with E-state index in [1.165, 1.54) is 84.9 Å². The van der Waals surface area contributed by atoms with Gasteiger partial charge in [-0.15, -0.1) is 0 Å². The number of primary amides is 1. The van der Waals surface area contributed by atoms with Gasteiger partial charge < -0.3 is 144 Å². The van der Waals surface area contributed by atoms with Gasteiger partial charge in [0.1, 0.15) is 96.1 Å². The van der Waals surface area contributed by atoms with Crippen LogP contribution in [0, 0.1) is 17.8 Å². The number of aliphatic hydroxyl groups excluding tert-OH is 3. The van der Waals surface area contributed by atoms with Crippen molar-refractivity contribution >= 4 is 106 Å². The third-order valence-electron chi connectivity index (χ3n) is 20.5. The number of carbonyl (C=O) groups is 18. The molecule has 45 nitrogen and oxygen atoms in total. The predicted molar refractivity (Wildman–Crippen MR) is 452 cm³/mol. The molecule has 0 unspecified atom stereocenters. The molecule has 17 atom stereocenters. The highest BCUT2D eigenvalue weighted by atomic mass is 16.4. The normalized spacial score (nSPS) is 16.3. The Kier molecular flexibility index (Phi) is 47.2. The number of nitrogens with one attached hydrogen (secondary N) is 14. The van der Waals surface area contributed by atoms with Crippen molar-refractivity contribution in [1.82, 2.24) is 79.3 Å². The van der Waals surface area contributed by atoms with Crippen LogP contribution in [-0.4, -0.2) is 289 Å². The Balaban J connectivity index is 1.81. The minimum atomic E-state index is -1.95. The van der Waals surface area contributed by atoms with Gasteiger partial charge in [0.25, 0.3) is 0 Å². The summed E-state index contributed by atoms with van der Waals surface area (Å²) in [4.78, 5) is 247. The number of carbonyl (C=O) groups excluding carboxylic acids is 16. The first kappa shape index (κ1) is 108. The minimum Gasteiger partial charge on any atom is -0.508 e. The lowest BCUT2D eigenvalue weighted by molar-refractivity contribution is -0.143. The molecule has 2 aromatic rings. The number of phenolic OH excluding ortho intramolecular Hbond substituents is 2. The molecular weight excluding hydrogens is 1650 g/mol. The number of aromatic hydroxyl groups is 2. The number of nitrogens with zero attached hydrogens (tertiary/aromatic N) is 1. The number of amides is 16. The highest BCUT2D eigenvalue weighted by Gasteiger charge is 2.43. The summed E-state index contributed by atoms with van der Waals surface area (Å²) in [7, 11) is 0. The van der Waals surface area contributed by atoms with Crippen molar-refractivity contribution in [3.63, 3.8) is 0 Å². The molecule has 1 fully saturated rings. The number of carboxylic acid groups (broad SMARTS) is 2. The van der Waals surface area contributed by atoms with E-state index >= 15 is 0 Å². The number of nitrogens with two attached hydrogens (primary N) is 5. The van der Waals surface area contributed by atoms with Gasteiger partial charge in [0.15, 0.2) is 0 Å². The maximum absolute atomic E-state index is 14.7. The first-order valence-electron chi connectivity index (χ1n) is 41.9. The first-order chi connectivity index (χ1) is 59.3. The molecule has 0 spiro atoms. The fraction of sp³-hybridized carbons (Fsp3) is 0.630. The van der Waals surface area contributed by atoms with Gasteiger partial charge in [-0.3, -0.25) is 81.5 Å². The Morgan fingerprint density at radius 1 is 0.421 bits per heavy atom. The number of benzene rings is 2. The number of hydrogen-bond donors (Lipinski definition) is 26. The lowest BCUT2D eigenvalue weighted by Gasteiger charge is -2.32. The number of phenols is 2. The summed E-state index contributed by atoms with van der Waals surface area (Å²) in [6, 6.07) is -12.2. The summed E-state index contributed by atoms with van der Waals surface area (Å²) in [5, 5.41) is 105. The van der Waals surface area contributed by atoms with E-state index < -0.39 is 259 Å². The van der Waals surface area contributed by atoms with Crippen LogP contribution in [-0.2, 0) is 99.1 Å². The van der Waals surface area contributed by atoms with E-state index in [1.807, 2.05) is 0 Å². The Morgan fingerprint density at radius 2 is 0.802 bits per heavy atom. The average molecular weight is 1780 g/mol. The maximum atomic E-state index is 14.7. The van der Waals surface area contributed by atoms with Gasteiger partial charge in [0, 0.05) is 19.4 Å². The highest BCUT2D eigenvalue weighted by Crippen LogP contribution is 2.22. The van der Waals surface area contributed by atoms with E-state index in [-0.39, 0.29) is 89.0 Å². The van der Waals surface area contributed by atoms with Crippen molar-refractivity contribution in [1.29, 1.82) is 0 Å². The minimum absolute atomic E-state index is 0.00888. The SMILES string of the molecule is CC(C)[C@H](NC(=O)[C@H](C)NC(=O)[C@H](CO)NC(=O)[C@H](CCCCN)NC(=O)[C@@H](N)Cc1ccc(O)cc1)C(=O)N[C@H](C(=O)N[C@H](C(=O)N[C@H](C(=O)N[C@H](C(=O)N[C@@H](CC(N)=O)C(=O)N1CCC[C@H]1C(=O)N[C@@H](CCCCN)C(=O)N[C@@H](Cc1ccc(O)cc1)C(=O)N[C@@H](CCC(=O)O)C(=O)NCC(=O)N[C@@H](CCCCN)C(=O)O)C(C)C)C(C)C)[C@@H](C)O)[C@@H](C)O. The van der Waals surface area contributed by atoms with E-state index in [4.69, 9.17) is 28.7 Å². The number of hydrogen-bond acceptors (Lipinski definition) is 27. The third kappa shape index (κ3) is 37.2. The highest BCUT2D eigenvalue weighted by molar-refractivity contribution is 6.02. The zero-order valence-electron chi connectivity index (χ0n) is 72.5. The molecule has 0 radical (unpaired) electrons. The molecule has 1 saturated heterocycles. The summed E-state index contributed by atoms with van der Waals surface area (Å²) in [6.07, 6.45) is -3.78. The third-order valence-corrected chi connectivity index (χ3v) is 20.5. The molecular formula is C81H130N20O25. The molecule has 45 heteroatoms. The number of aliphatic hydroxyl groups is 3. The van der Waals surface area contributed by atoms with E-state index in [2.05, 4.69) is 74.4 Å². The van der Waals surface area contributed by atoms with Gasteiger partial charge in [-0.1, -0.05) is 65.8 Å². The molecule has 16 amide bonds. The molecule has 2 aromatic carbocycles. The predicted octanol–water partition coefficient (Wildman–Crippen LogP) is -7.43. The molecule has 31 N–H and O–H groups in total. The van der Waals surface area contributed by atoms with Crippen LogP contribution in [0.2, 0.25) is 0 Å². The second kappa shape index (κ2) is 54.9. The monoisotopic (exact) mass is 1780 g/mol. The summed E-state index contributed by atoms with van der Waals surface area (Å²) in [6.45, 7) is 11.0. The van der Waals surface area contributed by atoms with Crippen molar-refractivity contribution in [2.24, 2.45) is 46.4 Å². The topological polar surface area (TPSA) is 751 Å². The van der Waals surface area contributed by atoms with E-state index in [9.17, 15) is 122 Å². The molecule has 0 bridgehead atoms. The molecule has 0 aromatic heterocycles. The average Bonchev–Trinajstić information content (AvgIpc) is 1.53. The van der Waals surface area contributed by atoms with Gasteiger partial charge in [-0.2, -0.15) is 0 Å². The number of rotatable bonds is 57. The van der Waals surface area contributed by atoms with Gasteiger partial charge in [-0.05, 0) is 177 Å². The zero-order chi connectivity index (χ0) is 94.9. The number of unbranched alkanes of at least 4 members (excludes halogenated alkanes) is 3. The van der Waals surface area contributed by atoms with Crippen molar-refractivity contribution < 1.29 is 122 Å². The fourth-order valence-electron chi connectivity index (χ4n) is 13.2. The van der Waals surface area contributed by atoms with Gasteiger partial charge in [0.05, 0.1) is 37.8 Å². The van der Waals surface area contributed by atoms with E-state index in [0.29, 0.717) is 43.2 Å². The van der Waals surface area contributed by atoms with Crippen LogP contribution < -0.4 is 103 Å². The van der Waals surface area contributed by atoms with Crippen LogP contribution in [0.4, 0.5) is 0 Å². The van der Waals surface area contributed by atoms with Crippen LogP contribution in [0.15, 0.2) is 48.5 Å². The smallest absolute Gasteiger partial charge is 0.326 e. The fourth-order valence-corrected chi connectivity index (χ4v) is 13.2. The first-order valence-corrected chi connectivity index (χ1v) is 41.9. The molecule has 1 heterocycles. The van der Waals surface area contributed by atoms with Gasteiger partial charge >= 0.3 is 11.9 Å². The Morgan fingerprint density at radius 3 is 1.24 bits per heavy atom. The van der Waals surface area contributed by atoms with E-state index in [1.54, 1.807) is 12.1 Å². The second-order valence-corrected chi connectivity index (χ2v) is 32.1. The molecule has 0 aliphatic carbocycles. The molecule has 704 valence electrons. The lowest BCUT2D eigenvalue weighted by atomic mass is 9.98. The molecule has 126 heavy (non-hydrogen) atoms. The molecule has 1 aliphatic heterocycles. The molecule has 1 aliphatic rings. The van der Waals surface area contributed by atoms with Crippen molar-refractivity contribution in [2.45, 2.75) is 268 Å². The summed E-state index contributed by atoms with van der Waals surface area (Å²) >= 11 is 0. The van der Waals surface area contributed by atoms with Crippen LogP contribution in [0.3, 0.4) is 0 Å².